The lowest BCUT2D eigenvalue weighted by Crippen LogP contribution is -2.24. The molecule has 4 nitrogen and oxygen atoms in total. The van der Waals surface area contributed by atoms with Gasteiger partial charge in [-0.2, -0.15) is 0 Å². The fourth-order valence-electron chi connectivity index (χ4n) is 4.51. The Kier molecular flexibility index (Phi) is 7.71. The maximum absolute atomic E-state index is 12.8. The van der Waals surface area contributed by atoms with Gasteiger partial charge >= 0.3 is 0 Å². The van der Waals surface area contributed by atoms with Gasteiger partial charge in [-0.05, 0) is 62.4 Å². The molecule has 4 rings (SSSR count). The molecular formula is C31H33NO3. The summed E-state index contributed by atoms with van der Waals surface area (Å²) in [4.78, 5) is 12.8. The summed E-state index contributed by atoms with van der Waals surface area (Å²) >= 11 is 0. The number of hydrogen-bond acceptors (Lipinski definition) is 3. The van der Waals surface area contributed by atoms with Gasteiger partial charge in [0, 0.05) is 35.6 Å². The molecule has 180 valence electrons. The lowest BCUT2D eigenvalue weighted by molar-refractivity contribution is -0.116. The number of ether oxygens (including phenoxy) is 1. The molecule has 1 heterocycles. The Morgan fingerprint density at radius 2 is 1.63 bits per heavy atom. The van der Waals surface area contributed by atoms with Gasteiger partial charge in [-0.15, -0.1) is 0 Å². The summed E-state index contributed by atoms with van der Waals surface area (Å²) in [5.74, 6) is 1.74. The predicted octanol–water partition coefficient (Wildman–Crippen LogP) is 7.19. The fraction of sp³-hybridized carbons (Fsp3) is 0.258. The number of fused-ring (bicyclic) bond motifs is 1. The van der Waals surface area contributed by atoms with Crippen LogP contribution in [0.4, 0.5) is 0 Å². The van der Waals surface area contributed by atoms with E-state index in [-0.39, 0.29) is 11.8 Å². The van der Waals surface area contributed by atoms with Crippen LogP contribution >= 0.6 is 0 Å². The van der Waals surface area contributed by atoms with Gasteiger partial charge in [0.2, 0.25) is 5.91 Å². The number of allylic oxidation sites excluding steroid dienone is 1. The molecule has 1 aromatic heterocycles. The second-order valence-corrected chi connectivity index (χ2v) is 8.84. The van der Waals surface area contributed by atoms with E-state index in [4.69, 9.17) is 9.15 Å². The molecule has 0 aliphatic carbocycles. The van der Waals surface area contributed by atoms with Crippen molar-refractivity contribution in [3.63, 3.8) is 0 Å². The normalized spacial score (nSPS) is 11.7. The topological polar surface area (TPSA) is 51.5 Å². The van der Waals surface area contributed by atoms with E-state index in [2.05, 4.69) is 59.9 Å². The van der Waals surface area contributed by atoms with Crippen LogP contribution in [0.5, 0.6) is 5.75 Å². The summed E-state index contributed by atoms with van der Waals surface area (Å²) in [6.45, 7) is 9.03. The van der Waals surface area contributed by atoms with Gasteiger partial charge in [0.15, 0.2) is 0 Å². The Balaban J connectivity index is 1.50. The van der Waals surface area contributed by atoms with Crippen molar-refractivity contribution in [1.82, 2.24) is 5.32 Å². The molecule has 0 saturated heterocycles. The molecule has 1 amide bonds. The van der Waals surface area contributed by atoms with Gasteiger partial charge in [-0.3, -0.25) is 4.79 Å². The average Bonchev–Trinajstić information content (AvgIpc) is 3.15. The Labute approximate surface area is 207 Å². The summed E-state index contributed by atoms with van der Waals surface area (Å²) in [5.41, 5.74) is 6.17. The molecule has 0 unspecified atom stereocenters. The summed E-state index contributed by atoms with van der Waals surface area (Å²) < 4.78 is 11.7. The molecular weight excluding hydrogens is 434 g/mol. The van der Waals surface area contributed by atoms with Crippen LogP contribution in [-0.4, -0.2) is 19.1 Å². The van der Waals surface area contributed by atoms with E-state index in [1.54, 1.807) is 6.08 Å². The third-order valence-electron chi connectivity index (χ3n) is 6.49. The number of hydrogen-bond donors (Lipinski definition) is 1. The smallest absolute Gasteiger partial charge is 0.244 e. The van der Waals surface area contributed by atoms with Gasteiger partial charge < -0.3 is 14.5 Å². The van der Waals surface area contributed by atoms with Crippen molar-refractivity contribution >= 4 is 22.4 Å². The fourth-order valence-corrected chi connectivity index (χ4v) is 4.51. The zero-order valence-electron chi connectivity index (χ0n) is 20.9. The minimum absolute atomic E-state index is 0.106. The molecule has 4 heteroatoms. The van der Waals surface area contributed by atoms with Crippen molar-refractivity contribution in [2.45, 2.75) is 40.0 Å². The van der Waals surface area contributed by atoms with Crippen molar-refractivity contribution in [3.05, 3.63) is 107 Å². The van der Waals surface area contributed by atoms with Gasteiger partial charge in [0.1, 0.15) is 17.1 Å². The summed E-state index contributed by atoms with van der Waals surface area (Å²) in [6, 6.07) is 24.9. The van der Waals surface area contributed by atoms with E-state index in [0.29, 0.717) is 13.2 Å². The highest BCUT2D eigenvalue weighted by atomic mass is 16.5. The third kappa shape index (κ3) is 5.65. The second-order valence-electron chi connectivity index (χ2n) is 8.84. The summed E-state index contributed by atoms with van der Waals surface area (Å²) in [5, 5.41) is 4.13. The number of benzene rings is 3. The van der Waals surface area contributed by atoms with E-state index in [9.17, 15) is 4.79 Å². The Morgan fingerprint density at radius 3 is 2.23 bits per heavy atom. The second kappa shape index (κ2) is 11.1. The predicted molar refractivity (Wildman–Crippen MR) is 143 cm³/mol. The Bertz CT molecular complexity index is 1280. The number of aryl methyl sites for hydroxylation is 2. The van der Waals surface area contributed by atoms with E-state index < -0.39 is 0 Å². The lowest BCUT2D eigenvalue weighted by Gasteiger charge is -2.18. The van der Waals surface area contributed by atoms with Crippen LogP contribution in [0.15, 0.2) is 83.3 Å². The van der Waals surface area contributed by atoms with Crippen LogP contribution in [-0.2, 0) is 4.79 Å². The largest absolute Gasteiger partial charge is 0.493 e. The van der Waals surface area contributed by atoms with Crippen molar-refractivity contribution in [2.75, 3.05) is 13.2 Å². The standard InChI is InChI=1S/C31H33NO3/c1-5-34-29-20-30-28(22(3)23(4)35-30)19-27(29)21(2)18-31(33)32-17-16-26(24-12-8-6-9-13-24)25-14-10-7-11-15-25/h6-15,18-20,26H,5,16-17H2,1-4H3,(H,32,33)/b21-18+. The van der Waals surface area contributed by atoms with Gasteiger partial charge in [-0.1, -0.05) is 60.7 Å². The molecule has 0 aliphatic rings. The van der Waals surface area contributed by atoms with Crippen LogP contribution in [0.3, 0.4) is 0 Å². The number of amides is 1. The highest BCUT2D eigenvalue weighted by Crippen LogP contribution is 2.35. The van der Waals surface area contributed by atoms with Crippen molar-refractivity contribution in [1.29, 1.82) is 0 Å². The first-order valence-electron chi connectivity index (χ1n) is 12.2. The van der Waals surface area contributed by atoms with Gasteiger partial charge in [-0.25, -0.2) is 0 Å². The van der Waals surface area contributed by atoms with Crippen molar-refractivity contribution < 1.29 is 13.9 Å². The minimum Gasteiger partial charge on any atom is -0.493 e. The van der Waals surface area contributed by atoms with Crippen molar-refractivity contribution in [3.8, 4) is 5.75 Å². The van der Waals surface area contributed by atoms with Gasteiger partial charge in [0.25, 0.3) is 0 Å². The zero-order valence-corrected chi connectivity index (χ0v) is 20.9. The molecule has 0 bridgehead atoms. The van der Waals surface area contributed by atoms with Crippen LogP contribution in [0.1, 0.15) is 54.2 Å². The Morgan fingerprint density at radius 1 is 1.00 bits per heavy atom. The molecule has 0 aliphatic heterocycles. The van der Waals surface area contributed by atoms with Gasteiger partial charge in [0.05, 0.1) is 6.61 Å². The molecule has 35 heavy (non-hydrogen) atoms. The first-order chi connectivity index (χ1) is 17.0. The summed E-state index contributed by atoms with van der Waals surface area (Å²) in [6.07, 6.45) is 2.47. The lowest BCUT2D eigenvalue weighted by atomic mass is 9.88. The van der Waals surface area contributed by atoms with E-state index in [1.807, 2.05) is 45.9 Å². The first kappa shape index (κ1) is 24.3. The quantitative estimate of drug-likeness (QED) is 0.265. The SMILES string of the molecule is CCOc1cc2oc(C)c(C)c2cc1/C(C)=C/C(=O)NCCC(c1ccccc1)c1ccccc1. The zero-order chi connectivity index (χ0) is 24.8. The molecule has 0 atom stereocenters. The summed E-state index contributed by atoms with van der Waals surface area (Å²) in [7, 11) is 0. The van der Waals surface area contributed by atoms with Crippen LogP contribution in [0.25, 0.3) is 16.5 Å². The Hall–Kier alpha value is -3.79. The van der Waals surface area contributed by atoms with E-state index in [1.165, 1.54) is 11.1 Å². The first-order valence-corrected chi connectivity index (χ1v) is 12.2. The molecule has 0 fully saturated rings. The molecule has 1 N–H and O–H groups in total. The monoisotopic (exact) mass is 467 g/mol. The molecule has 0 radical (unpaired) electrons. The maximum Gasteiger partial charge on any atom is 0.244 e. The van der Waals surface area contributed by atoms with Crippen LogP contribution in [0, 0.1) is 13.8 Å². The number of carbonyl (C=O) groups is 1. The number of furan rings is 1. The molecule has 3 aromatic carbocycles. The van der Waals surface area contributed by atoms with E-state index >= 15 is 0 Å². The highest BCUT2D eigenvalue weighted by Gasteiger charge is 2.16. The van der Waals surface area contributed by atoms with Crippen LogP contribution < -0.4 is 10.1 Å². The maximum atomic E-state index is 12.8. The average molecular weight is 468 g/mol. The van der Waals surface area contributed by atoms with Crippen molar-refractivity contribution in [2.24, 2.45) is 0 Å². The molecule has 0 saturated carbocycles. The minimum atomic E-state index is -0.106. The highest BCUT2D eigenvalue weighted by molar-refractivity contribution is 5.97. The molecule has 4 aromatic rings. The van der Waals surface area contributed by atoms with E-state index in [0.717, 1.165) is 45.6 Å². The number of nitrogens with one attached hydrogen (secondary N) is 1. The van der Waals surface area contributed by atoms with Crippen LogP contribution in [0.2, 0.25) is 0 Å². The number of rotatable bonds is 9. The third-order valence-corrected chi connectivity index (χ3v) is 6.49. The molecule has 0 spiro atoms. The number of carbonyl (C=O) groups excluding carboxylic acids is 1.